The van der Waals surface area contributed by atoms with Crippen LogP contribution in [0.1, 0.15) is 11.1 Å². The van der Waals surface area contributed by atoms with Crippen LogP contribution in [0.25, 0.3) is 32.7 Å². The quantitative estimate of drug-likeness (QED) is 0.369. The molecule has 0 aliphatic rings. The molecule has 0 bridgehead atoms. The summed E-state index contributed by atoms with van der Waals surface area (Å²) >= 11 is 1.52. The zero-order valence-electron chi connectivity index (χ0n) is 17.0. The fraction of sp³-hybridized carbons (Fsp3) is 0.160. The largest absolute Gasteiger partial charge is 0.497 e. The maximum Gasteiger partial charge on any atom is 0.122 e. The van der Waals surface area contributed by atoms with Crippen LogP contribution in [0.5, 0.6) is 11.5 Å². The molecule has 0 fully saturated rings. The average molecular weight is 402 g/mol. The minimum atomic E-state index is 0.864. The third kappa shape index (κ3) is 3.76. The Morgan fingerprint density at radius 1 is 0.724 bits per heavy atom. The predicted molar refractivity (Wildman–Crippen MR) is 121 cm³/mol. The molecular weight excluding hydrogens is 378 g/mol. The van der Waals surface area contributed by atoms with Gasteiger partial charge in [-0.15, -0.1) is 0 Å². The number of aryl methyl sites for hydroxylation is 1. The van der Waals surface area contributed by atoms with E-state index in [1.54, 1.807) is 14.2 Å². The van der Waals surface area contributed by atoms with Crippen molar-refractivity contribution in [3.05, 3.63) is 78.0 Å². The fourth-order valence-corrected chi connectivity index (χ4v) is 4.20. The molecule has 0 saturated carbocycles. The van der Waals surface area contributed by atoms with E-state index in [2.05, 4.69) is 66.8 Å². The monoisotopic (exact) mass is 401 g/mol. The van der Waals surface area contributed by atoms with Gasteiger partial charge in [-0.25, -0.2) is 0 Å². The van der Waals surface area contributed by atoms with Crippen LogP contribution in [0.15, 0.2) is 66.9 Å². The van der Waals surface area contributed by atoms with Gasteiger partial charge in [-0.05, 0) is 77.0 Å². The van der Waals surface area contributed by atoms with E-state index >= 15 is 0 Å². The Morgan fingerprint density at radius 2 is 1.34 bits per heavy atom. The van der Waals surface area contributed by atoms with Gasteiger partial charge in [-0.2, -0.15) is 4.37 Å². The highest BCUT2D eigenvalue weighted by atomic mass is 32.1. The van der Waals surface area contributed by atoms with E-state index in [9.17, 15) is 0 Å². The van der Waals surface area contributed by atoms with Gasteiger partial charge in [0, 0.05) is 11.8 Å². The van der Waals surface area contributed by atoms with Gasteiger partial charge in [0.15, 0.2) is 0 Å². The normalized spacial score (nSPS) is 10.8. The predicted octanol–water partition coefficient (Wildman–Crippen LogP) is 6.78. The zero-order chi connectivity index (χ0) is 20.4. The minimum Gasteiger partial charge on any atom is -0.497 e. The second-order valence-corrected chi connectivity index (χ2v) is 7.80. The Morgan fingerprint density at radius 3 is 1.97 bits per heavy atom. The van der Waals surface area contributed by atoms with Gasteiger partial charge in [0.25, 0.3) is 0 Å². The lowest BCUT2D eigenvalue weighted by molar-refractivity contribution is 0.411. The van der Waals surface area contributed by atoms with E-state index < -0.39 is 0 Å². The standard InChI is InChI=1S/C25H23NO2S/c1-16-13-21(14-24(28-4)17(16)2)25-23(15-26-29-25)20-7-5-18(6-8-20)19-9-11-22(27-3)12-10-19/h5-15H,1-4H3. The molecule has 0 aliphatic carbocycles. The second-order valence-electron chi connectivity index (χ2n) is 6.99. The molecule has 0 aliphatic heterocycles. The summed E-state index contributed by atoms with van der Waals surface area (Å²) in [4.78, 5) is 1.16. The molecule has 0 spiro atoms. The molecule has 0 unspecified atom stereocenters. The number of rotatable bonds is 5. The van der Waals surface area contributed by atoms with E-state index in [4.69, 9.17) is 9.47 Å². The molecule has 0 saturated heterocycles. The van der Waals surface area contributed by atoms with Gasteiger partial charge in [0.2, 0.25) is 0 Å². The zero-order valence-corrected chi connectivity index (χ0v) is 17.8. The first-order valence-corrected chi connectivity index (χ1v) is 10.2. The van der Waals surface area contributed by atoms with Gasteiger partial charge in [-0.3, -0.25) is 0 Å². The number of benzene rings is 3. The highest BCUT2D eigenvalue weighted by molar-refractivity contribution is 7.10. The van der Waals surface area contributed by atoms with Crippen molar-refractivity contribution in [2.45, 2.75) is 13.8 Å². The summed E-state index contributed by atoms with van der Waals surface area (Å²) in [5.41, 5.74) is 8.17. The summed E-state index contributed by atoms with van der Waals surface area (Å²) in [7, 11) is 3.40. The molecule has 146 valence electrons. The minimum absolute atomic E-state index is 0.864. The third-order valence-corrected chi connectivity index (χ3v) is 6.14. The van der Waals surface area contributed by atoms with Crippen molar-refractivity contribution in [3.63, 3.8) is 0 Å². The molecule has 0 radical (unpaired) electrons. The first-order valence-electron chi connectivity index (χ1n) is 9.46. The van der Waals surface area contributed by atoms with E-state index in [1.807, 2.05) is 18.3 Å². The lowest BCUT2D eigenvalue weighted by Gasteiger charge is -2.11. The average Bonchev–Trinajstić information content (AvgIpc) is 3.26. The van der Waals surface area contributed by atoms with Gasteiger partial charge < -0.3 is 9.47 Å². The summed E-state index contributed by atoms with van der Waals surface area (Å²) in [6, 6.07) is 21.1. The molecular formula is C25H23NO2S. The lowest BCUT2D eigenvalue weighted by atomic mass is 9.98. The van der Waals surface area contributed by atoms with Crippen LogP contribution in [0, 0.1) is 13.8 Å². The molecule has 0 N–H and O–H groups in total. The maximum absolute atomic E-state index is 5.57. The summed E-state index contributed by atoms with van der Waals surface area (Å²) in [5.74, 6) is 1.78. The molecule has 1 aromatic heterocycles. The number of hydrogen-bond donors (Lipinski definition) is 0. The number of ether oxygens (including phenoxy) is 2. The Hall–Kier alpha value is -3.11. The third-order valence-electron chi connectivity index (χ3n) is 5.29. The number of aromatic nitrogens is 1. The van der Waals surface area contributed by atoms with Crippen molar-refractivity contribution in [1.82, 2.24) is 4.37 Å². The van der Waals surface area contributed by atoms with Crippen LogP contribution < -0.4 is 9.47 Å². The lowest BCUT2D eigenvalue weighted by Crippen LogP contribution is -1.91. The Bertz CT molecular complexity index is 1130. The van der Waals surface area contributed by atoms with Crippen LogP contribution in [0.3, 0.4) is 0 Å². The molecule has 3 nitrogen and oxygen atoms in total. The van der Waals surface area contributed by atoms with Crippen molar-refractivity contribution in [2.75, 3.05) is 14.2 Å². The van der Waals surface area contributed by atoms with E-state index in [-0.39, 0.29) is 0 Å². The number of hydrogen-bond acceptors (Lipinski definition) is 4. The molecule has 0 atom stereocenters. The Labute approximate surface area is 175 Å². The molecule has 3 aromatic carbocycles. The topological polar surface area (TPSA) is 31.4 Å². The van der Waals surface area contributed by atoms with Crippen molar-refractivity contribution in [2.24, 2.45) is 0 Å². The smallest absolute Gasteiger partial charge is 0.122 e. The van der Waals surface area contributed by atoms with Gasteiger partial charge in [0.1, 0.15) is 11.5 Å². The van der Waals surface area contributed by atoms with E-state index in [0.29, 0.717) is 0 Å². The van der Waals surface area contributed by atoms with Gasteiger partial charge >= 0.3 is 0 Å². The fourth-order valence-electron chi connectivity index (χ4n) is 3.45. The van der Waals surface area contributed by atoms with Crippen molar-refractivity contribution in [1.29, 1.82) is 0 Å². The molecule has 4 aromatic rings. The van der Waals surface area contributed by atoms with Crippen molar-refractivity contribution in [3.8, 4) is 44.2 Å². The number of methoxy groups -OCH3 is 2. The van der Waals surface area contributed by atoms with E-state index in [0.717, 1.165) is 33.1 Å². The molecule has 4 rings (SSSR count). The van der Waals surface area contributed by atoms with Crippen LogP contribution in [0.4, 0.5) is 0 Å². The highest BCUT2D eigenvalue weighted by Crippen LogP contribution is 2.39. The van der Waals surface area contributed by atoms with Crippen molar-refractivity contribution < 1.29 is 9.47 Å². The molecule has 0 amide bonds. The SMILES string of the molecule is COc1ccc(-c2ccc(-c3cnsc3-c3cc(C)c(C)c(OC)c3)cc2)cc1. The maximum atomic E-state index is 5.57. The summed E-state index contributed by atoms with van der Waals surface area (Å²) < 4.78 is 15.3. The second kappa shape index (κ2) is 8.10. The van der Waals surface area contributed by atoms with Crippen molar-refractivity contribution >= 4 is 11.5 Å². The summed E-state index contributed by atoms with van der Waals surface area (Å²) in [5, 5.41) is 0. The first kappa shape index (κ1) is 19.2. The van der Waals surface area contributed by atoms with Gasteiger partial charge in [0.05, 0.1) is 19.1 Å². The molecule has 4 heteroatoms. The highest BCUT2D eigenvalue weighted by Gasteiger charge is 2.14. The molecule has 29 heavy (non-hydrogen) atoms. The first-order chi connectivity index (χ1) is 14.1. The van der Waals surface area contributed by atoms with Crippen LogP contribution in [-0.2, 0) is 0 Å². The Balaban J connectivity index is 1.69. The van der Waals surface area contributed by atoms with E-state index in [1.165, 1.54) is 33.8 Å². The van der Waals surface area contributed by atoms with Crippen LogP contribution >= 0.6 is 11.5 Å². The summed E-state index contributed by atoms with van der Waals surface area (Å²) in [6.45, 7) is 4.20. The van der Waals surface area contributed by atoms with Crippen LogP contribution in [-0.4, -0.2) is 18.6 Å². The van der Waals surface area contributed by atoms with Crippen LogP contribution in [0.2, 0.25) is 0 Å². The molecule has 1 heterocycles. The summed E-state index contributed by atoms with van der Waals surface area (Å²) in [6.07, 6.45) is 1.95. The Kier molecular flexibility index (Phi) is 5.36. The van der Waals surface area contributed by atoms with Gasteiger partial charge in [-0.1, -0.05) is 42.5 Å². The number of nitrogens with zero attached hydrogens (tertiary/aromatic N) is 1.